The lowest BCUT2D eigenvalue weighted by Gasteiger charge is -2.19. The van der Waals surface area contributed by atoms with Crippen molar-refractivity contribution in [2.24, 2.45) is 0 Å². The van der Waals surface area contributed by atoms with Crippen LogP contribution >= 0.6 is 0 Å². The number of hydrogen-bond acceptors (Lipinski definition) is 6. The lowest BCUT2D eigenvalue weighted by Crippen LogP contribution is -2.37. The molecule has 0 saturated carbocycles. The number of carbonyl (C=O) groups is 2. The number of pyridine rings is 2. The molecule has 2 N–H and O–H groups in total. The van der Waals surface area contributed by atoms with Gasteiger partial charge in [-0.15, -0.1) is 5.10 Å². The zero-order valence-corrected chi connectivity index (χ0v) is 14.7. The molecule has 0 bridgehead atoms. The predicted octanol–water partition coefficient (Wildman–Crippen LogP) is 0.534. The van der Waals surface area contributed by atoms with E-state index in [-0.39, 0.29) is 24.2 Å². The first-order chi connectivity index (χ1) is 12.4. The minimum Gasteiger partial charge on any atom is -0.384 e. The van der Waals surface area contributed by atoms with Gasteiger partial charge in [-0.05, 0) is 24.3 Å². The number of aromatic nitrogens is 4. The molecule has 26 heavy (non-hydrogen) atoms. The molecule has 0 aliphatic rings. The van der Waals surface area contributed by atoms with Gasteiger partial charge in [0.15, 0.2) is 5.65 Å². The molecule has 0 atom stereocenters. The summed E-state index contributed by atoms with van der Waals surface area (Å²) in [5.74, 6) is 0.192. The van der Waals surface area contributed by atoms with Gasteiger partial charge in [-0.3, -0.25) is 14.6 Å². The van der Waals surface area contributed by atoms with Crippen LogP contribution in [-0.2, 0) is 4.79 Å². The number of fused-ring (bicyclic) bond motifs is 1. The fraction of sp³-hybridized carbons (Fsp3) is 0.235. The van der Waals surface area contributed by atoms with Gasteiger partial charge in [-0.2, -0.15) is 4.52 Å². The second kappa shape index (κ2) is 6.79. The van der Waals surface area contributed by atoms with Crippen LogP contribution in [0.1, 0.15) is 10.4 Å². The average molecular weight is 353 g/mol. The highest BCUT2D eigenvalue weighted by Crippen LogP contribution is 2.18. The van der Waals surface area contributed by atoms with E-state index in [0.717, 1.165) is 0 Å². The Hall–Kier alpha value is -3.49. The van der Waals surface area contributed by atoms with E-state index in [1.54, 1.807) is 45.5 Å². The van der Waals surface area contributed by atoms with E-state index in [9.17, 15) is 9.59 Å². The van der Waals surface area contributed by atoms with Gasteiger partial charge < -0.3 is 15.5 Å². The Bertz CT molecular complexity index is 966. The predicted molar refractivity (Wildman–Crippen MR) is 96.3 cm³/mol. The Labute approximate surface area is 150 Å². The lowest BCUT2D eigenvalue weighted by molar-refractivity contribution is -0.129. The molecule has 9 nitrogen and oxygen atoms in total. The largest absolute Gasteiger partial charge is 0.384 e. The van der Waals surface area contributed by atoms with Crippen LogP contribution in [0.25, 0.3) is 17.2 Å². The highest BCUT2D eigenvalue weighted by atomic mass is 16.2. The Morgan fingerprint density at radius 1 is 1.19 bits per heavy atom. The molecule has 0 aliphatic carbocycles. The summed E-state index contributed by atoms with van der Waals surface area (Å²) < 4.78 is 1.45. The molecular formula is C17H19N7O2. The standard InChI is InChI=1S/C17H19N7O2/c1-22(2)15(25)10-23(3)17(26)11-8-13(18)24-14(9-11)20-16(21-24)12-6-4-5-7-19-12/h4-9H,10,18H2,1-3H3. The van der Waals surface area contributed by atoms with Crippen molar-refractivity contribution in [3.05, 3.63) is 42.1 Å². The van der Waals surface area contributed by atoms with Crippen molar-refractivity contribution < 1.29 is 9.59 Å². The summed E-state index contributed by atoms with van der Waals surface area (Å²) in [6.07, 6.45) is 1.65. The van der Waals surface area contributed by atoms with Gasteiger partial charge in [-0.1, -0.05) is 6.07 Å². The van der Waals surface area contributed by atoms with E-state index in [4.69, 9.17) is 5.73 Å². The number of carbonyl (C=O) groups excluding carboxylic acids is 2. The van der Waals surface area contributed by atoms with E-state index in [1.807, 2.05) is 6.07 Å². The molecule has 3 aromatic rings. The molecule has 0 aliphatic heterocycles. The van der Waals surface area contributed by atoms with Crippen molar-refractivity contribution >= 4 is 23.3 Å². The average Bonchev–Trinajstić information content (AvgIpc) is 3.06. The zero-order valence-electron chi connectivity index (χ0n) is 14.7. The molecule has 0 saturated heterocycles. The van der Waals surface area contributed by atoms with Crippen LogP contribution in [0.2, 0.25) is 0 Å². The van der Waals surface area contributed by atoms with Crippen LogP contribution in [0.3, 0.4) is 0 Å². The Kier molecular flexibility index (Phi) is 4.53. The number of nitrogens with zero attached hydrogens (tertiary/aromatic N) is 6. The molecule has 3 heterocycles. The first kappa shape index (κ1) is 17.3. The van der Waals surface area contributed by atoms with Gasteiger partial charge in [0.05, 0.1) is 6.54 Å². The van der Waals surface area contributed by atoms with Crippen molar-refractivity contribution in [1.29, 1.82) is 0 Å². The fourth-order valence-corrected chi connectivity index (χ4v) is 2.37. The van der Waals surface area contributed by atoms with Crippen LogP contribution in [0.5, 0.6) is 0 Å². The minimum absolute atomic E-state index is 0.0250. The number of nitrogen functional groups attached to an aromatic ring is 1. The van der Waals surface area contributed by atoms with Gasteiger partial charge >= 0.3 is 0 Å². The maximum absolute atomic E-state index is 12.6. The van der Waals surface area contributed by atoms with Gasteiger partial charge in [0.25, 0.3) is 5.91 Å². The summed E-state index contributed by atoms with van der Waals surface area (Å²) in [7, 11) is 4.84. The number of amides is 2. The number of rotatable bonds is 4. The highest BCUT2D eigenvalue weighted by Gasteiger charge is 2.19. The topological polar surface area (TPSA) is 110 Å². The van der Waals surface area contributed by atoms with E-state index in [1.165, 1.54) is 20.4 Å². The van der Waals surface area contributed by atoms with Crippen molar-refractivity contribution in [3.63, 3.8) is 0 Å². The molecule has 134 valence electrons. The van der Waals surface area contributed by atoms with Crippen molar-refractivity contribution in [1.82, 2.24) is 29.4 Å². The maximum Gasteiger partial charge on any atom is 0.254 e. The molecule has 0 spiro atoms. The first-order valence-electron chi connectivity index (χ1n) is 7.90. The Balaban J connectivity index is 1.93. The summed E-state index contributed by atoms with van der Waals surface area (Å²) in [5, 5.41) is 4.33. The summed E-state index contributed by atoms with van der Waals surface area (Å²) in [6.45, 7) is -0.0250. The van der Waals surface area contributed by atoms with Gasteiger partial charge in [0, 0.05) is 32.9 Å². The SMILES string of the molecule is CN(C)C(=O)CN(C)C(=O)c1cc(N)n2nc(-c3ccccn3)nc2c1. The summed E-state index contributed by atoms with van der Waals surface area (Å²) in [5.41, 5.74) is 7.41. The number of anilines is 1. The zero-order chi connectivity index (χ0) is 18.8. The van der Waals surface area contributed by atoms with E-state index in [2.05, 4.69) is 15.1 Å². The number of nitrogens with two attached hydrogens (primary N) is 1. The van der Waals surface area contributed by atoms with Crippen molar-refractivity contribution in [2.75, 3.05) is 33.4 Å². The normalized spacial score (nSPS) is 10.7. The van der Waals surface area contributed by atoms with E-state index >= 15 is 0 Å². The van der Waals surface area contributed by atoms with Crippen LogP contribution in [0, 0.1) is 0 Å². The van der Waals surface area contributed by atoms with Crippen LogP contribution in [0.4, 0.5) is 5.82 Å². The smallest absolute Gasteiger partial charge is 0.254 e. The van der Waals surface area contributed by atoms with Gasteiger partial charge in [0.1, 0.15) is 11.5 Å². The molecule has 3 rings (SSSR count). The molecule has 0 unspecified atom stereocenters. The first-order valence-corrected chi connectivity index (χ1v) is 7.90. The van der Waals surface area contributed by atoms with Gasteiger partial charge in [-0.25, -0.2) is 4.98 Å². The lowest BCUT2D eigenvalue weighted by atomic mass is 10.2. The Morgan fingerprint density at radius 2 is 1.96 bits per heavy atom. The monoisotopic (exact) mass is 353 g/mol. The second-order valence-electron chi connectivity index (χ2n) is 6.04. The van der Waals surface area contributed by atoms with Crippen LogP contribution in [0.15, 0.2) is 36.5 Å². The highest BCUT2D eigenvalue weighted by molar-refractivity contribution is 5.97. The summed E-state index contributed by atoms with van der Waals surface area (Å²) in [4.78, 5) is 35.8. The number of likely N-dealkylation sites (N-methyl/N-ethyl adjacent to an activating group) is 2. The summed E-state index contributed by atoms with van der Waals surface area (Å²) >= 11 is 0. The van der Waals surface area contributed by atoms with E-state index < -0.39 is 0 Å². The van der Waals surface area contributed by atoms with Crippen molar-refractivity contribution in [3.8, 4) is 11.5 Å². The Morgan fingerprint density at radius 3 is 2.62 bits per heavy atom. The fourth-order valence-electron chi connectivity index (χ4n) is 2.37. The van der Waals surface area contributed by atoms with Crippen LogP contribution < -0.4 is 5.73 Å². The molecular weight excluding hydrogens is 334 g/mol. The molecule has 0 aromatic carbocycles. The molecule has 0 fully saturated rings. The molecule has 2 amide bonds. The number of hydrogen-bond donors (Lipinski definition) is 1. The third-order valence-corrected chi connectivity index (χ3v) is 3.82. The van der Waals surface area contributed by atoms with E-state index in [0.29, 0.717) is 22.7 Å². The van der Waals surface area contributed by atoms with Crippen LogP contribution in [-0.4, -0.2) is 68.9 Å². The molecule has 0 radical (unpaired) electrons. The molecule has 3 aromatic heterocycles. The second-order valence-corrected chi connectivity index (χ2v) is 6.04. The summed E-state index contributed by atoms with van der Waals surface area (Å²) in [6, 6.07) is 8.54. The van der Waals surface area contributed by atoms with Gasteiger partial charge in [0.2, 0.25) is 11.7 Å². The quantitative estimate of drug-likeness (QED) is 0.733. The third-order valence-electron chi connectivity index (χ3n) is 3.82. The minimum atomic E-state index is -0.322. The molecule has 9 heteroatoms. The van der Waals surface area contributed by atoms with Crippen molar-refractivity contribution in [2.45, 2.75) is 0 Å². The maximum atomic E-state index is 12.6. The third kappa shape index (κ3) is 3.32.